The summed E-state index contributed by atoms with van der Waals surface area (Å²) in [6.07, 6.45) is -5.89. The van der Waals surface area contributed by atoms with Crippen LogP contribution in [0.25, 0.3) is 0 Å². The number of methoxy groups -OCH3 is 2. The first-order chi connectivity index (χ1) is 14.2. The van der Waals surface area contributed by atoms with Gasteiger partial charge < -0.3 is 18.9 Å². The van der Waals surface area contributed by atoms with Gasteiger partial charge in [0.05, 0.1) is 25.5 Å². The number of anilines is 1. The Morgan fingerprint density at radius 2 is 1.65 bits per heavy atom. The standard InChI is InChI=1S/C20H26F3NO7/c1-12-10-13(17(26)29-6)14(11-15(12)30-20(21,22)23)24(9-7-8-16(25)28-5)18(27)31-19(2,3)4/h10-11H,7-9H2,1-6H3. The number of carbonyl (C=O) groups excluding carboxylic acids is 3. The molecule has 1 aromatic carbocycles. The number of esters is 2. The van der Waals surface area contributed by atoms with E-state index in [4.69, 9.17) is 9.47 Å². The number of alkyl halides is 3. The van der Waals surface area contributed by atoms with Crippen molar-refractivity contribution in [2.75, 3.05) is 25.7 Å². The Balaban J connectivity index is 3.52. The van der Waals surface area contributed by atoms with Crippen LogP contribution in [-0.4, -0.2) is 50.8 Å². The van der Waals surface area contributed by atoms with Gasteiger partial charge in [-0.3, -0.25) is 9.69 Å². The average molecular weight is 449 g/mol. The molecule has 0 heterocycles. The van der Waals surface area contributed by atoms with Crippen molar-refractivity contribution in [2.24, 2.45) is 0 Å². The Morgan fingerprint density at radius 1 is 1.03 bits per heavy atom. The van der Waals surface area contributed by atoms with Crippen molar-refractivity contribution in [2.45, 2.75) is 52.5 Å². The summed E-state index contributed by atoms with van der Waals surface area (Å²) in [5.41, 5.74) is -1.31. The predicted molar refractivity (Wildman–Crippen MR) is 104 cm³/mol. The molecule has 11 heteroatoms. The van der Waals surface area contributed by atoms with Crippen molar-refractivity contribution in [3.8, 4) is 5.75 Å². The van der Waals surface area contributed by atoms with E-state index in [1.165, 1.54) is 14.0 Å². The molecule has 0 N–H and O–H groups in total. The van der Waals surface area contributed by atoms with Crippen LogP contribution in [0.15, 0.2) is 12.1 Å². The zero-order valence-corrected chi connectivity index (χ0v) is 18.2. The summed E-state index contributed by atoms with van der Waals surface area (Å²) >= 11 is 0. The van der Waals surface area contributed by atoms with Gasteiger partial charge in [-0.15, -0.1) is 13.2 Å². The lowest BCUT2D eigenvalue weighted by Crippen LogP contribution is -2.38. The average Bonchev–Trinajstić information content (AvgIpc) is 2.63. The normalized spacial score (nSPS) is 11.5. The number of amides is 1. The molecule has 31 heavy (non-hydrogen) atoms. The molecule has 1 rings (SSSR count). The van der Waals surface area contributed by atoms with Crippen LogP contribution in [-0.2, 0) is 19.0 Å². The molecule has 1 amide bonds. The molecule has 0 aliphatic carbocycles. The summed E-state index contributed by atoms with van der Waals surface area (Å²) in [6, 6.07) is 2.04. The molecule has 0 saturated heterocycles. The van der Waals surface area contributed by atoms with Crippen molar-refractivity contribution >= 4 is 23.7 Å². The molecule has 0 fully saturated rings. The molecule has 174 valence electrons. The molecule has 0 radical (unpaired) electrons. The number of hydrogen-bond donors (Lipinski definition) is 0. The minimum Gasteiger partial charge on any atom is -0.469 e. The topological polar surface area (TPSA) is 91.4 Å². The highest BCUT2D eigenvalue weighted by Gasteiger charge is 2.34. The Labute approximate surface area is 178 Å². The highest BCUT2D eigenvalue weighted by Crippen LogP contribution is 2.34. The van der Waals surface area contributed by atoms with Gasteiger partial charge in [0.1, 0.15) is 11.4 Å². The van der Waals surface area contributed by atoms with Crippen LogP contribution >= 0.6 is 0 Å². The molecular formula is C20H26F3NO7. The van der Waals surface area contributed by atoms with Crippen molar-refractivity contribution in [1.82, 2.24) is 0 Å². The first kappa shape index (κ1) is 26.1. The zero-order valence-electron chi connectivity index (χ0n) is 18.2. The third kappa shape index (κ3) is 8.35. The Bertz CT molecular complexity index is 816. The number of rotatable bonds is 7. The molecule has 1 aromatic rings. The Kier molecular flexibility index (Phi) is 8.71. The van der Waals surface area contributed by atoms with Gasteiger partial charge in [0.2, 0.25) is 0 Å². The van der Waals surface area contributed by atoms with E-state index < -0.39 is 35.7 Å². The second kappa shape index (κ2) is 10.4. The molecule has 8 nitrogen and oxygen atoms in total. The summed E-state index contributed by atoms with van der Waals surface area (Å²) in [5.74, 6) is -2.02. The number of nitrogens with zero attached hydrogens (tertiary/aromatic N) is 1. The highest BCUT2D eigenvalue weighted by atomic mass is 19.4. The number of benzene rings is 1. The van der Waals surface area contributed by atoms with Crippen LogP contribution in [0.2, 0.25) is 0 Å². The third-order valence-electron chi connectivity index (χ3n) is 3.82. The Morgan fingerprint density at radius 3 is 2.13 bits per heavy atom. The van der Waals surface area contributed by atoms with E-state index in [1.807, 2.05) is 0 Å². The van der Waals surface area contributed by atoms with Gasteiger partial charge in [-0.05, 0) is 45.7 Å². The largest absolute Gasteiger partial charge is 0.573 e. The fourth-order valence-electron chi connectivity index (χ4n) is 2.52. The van der Waals surface area contributed by atoms with E-state index in [2.05, 4.69) is 9.47 Å². The van der Waals surface area contributed by atoms with Crippen molar-refractivity contribution in [1.29, 1.82) is 0 Å². The van der Waals surface area contributed by atoms with Crippen molar-refractivity contribution in [3.05, 3.63) is 23.3 Å². The summed E-state index contributed by atoms with van der Waals surface area (Å²) in [5, 5.41) is 0. The van der Waals surface area contributed by atoms with E-state index in [9.17, 15) is 27.6 Å². The van der Waals surface area contributed by atoms with E-state index >= 15 is 0 Å². The van der Waals surface area contributed by atoms with Crippen LogP contribution in [0.4, 0.5) is 23.7 Å². The van der Waals surface area contributed by atoms with Crippen molar-refractivity contribution in [3.63, 3.8) is 0 Å². The molecule has 0 saturated carbocycles. The maximum absolute atomic E-state index is 12.8. The lowest BCUT2D eigenvalue weighted by Gasteiger charge is -2.29. The maximum atomic E-state index is 12.8. The minimum absolute atomic E-state index is 0.000162. The van der Waals surface area contributed by atoms with Gasteiger partial charge >= 0.3 is 24.4 Å². The molecule has 0 aromatic heterocycles. The molecular weight excluding hydrogens is 423 g/mol. The summed E-state index contributed by atoms with van der Waals surface area (Å²) < 4.78 is 57.1. The molecule has 0 spiro atoms. The number of aryl methyl sites for hydroxylation is 1. The number of ether oxygens (including phenoxy) is 4. The lowest BCUT2D eigenvalue weighted by atomic mass is 10.1. The minimum atomic E-state index is -4.99. The monoisotopic (exact) mass is 449 g/mol. The van der Waals surface area contributed by atoms with Crippen LogP contribution in [0.5, 0.6) is 5.75 Å². The lowest BCUT2D eigenvalue weighted by molar-refractivity contribution is -0.274. The molecule has 0 aliphatic rings. The van der Waals surface area contributed by atoms with Gasteiger partial charge in [0.25, 0.3) is 0 Å². The van der Waals surface area contributed by atoms with Crippen LogP contribution in [0, 0.1) is 6.92 Å². The van der Waals surface area contributed by atoms with Gasteiger partial charge in [-0.1, -0.05) is 0 Å². The van der Waals surface area contributed by atoms with Crippen LogP contribution in [0.1, 0.15) is 49.5 Å². The maximum Gasteiger partial charge on any atom is 0.573 e. The van der Waals surface area contributed by atoms with Gasteiger partial charge in [-0.25, -0.2) is 9.59 Å². The smallest absolute Gasteiger partial charge is 0.469 e. The second-order valence-corrected chi connectivity index (χ2v) is 7.49. The summed E-state index contributed by atoms with van der Waals surface area (Å²) in [7, 11) is 2.29. The Hall–Kier alpha value is -2.98. The summed E-state index contributed by atoms with van der Waals surface area (Å²) in [4.78, 5) is 37.5. The van der Waals surface area contributed by atoms with Gasteiger partial charge in [0.15, 0.2) is 0 Å². The fourth-order valence-corrected chi connectivity index (χ4v) is 2.52. The molecule has 0 bridgehead atoms. The highest BCUT2D eigenvalue weighted by molar-refractivity contribution is 6.01. The van der Waals surface area contributed by atoms with E-state index in [0.29, 0.717) is 0 Å². The van der Waals surface area contributed by atoms with E-state index in [0.717, 1.165) is 24.1 Å². The van der Waals surface area contributed by atoms with Crippen LogP contribution in [0.3, 0.4) is 0 Å². The van der Waals surface area contributed by atoms with E-state index in [1.54, 1.807) is 20.8 Å². The molecule has 0 atom stereocenters. The number of carbonyl (C=O) groups is 3. The quantitative estimate of drug-likeness (QED) is 0.451. The molecule has 0 unspecified atom stereocenters. The molecule has 0 aliphatic heterocycles. The first-order valence-electron chi connectivity index (χ1n) is 9.24. The first-order valence-corrected chi connectivity index (χ1v) is 9.24. The fraction of sp³-hybridized carbons (Fsp3) is 0.550. The van der Waals surface area contributed by atoms with Gasteiger partial charge in [-0.2, -0.15) is 0 Å². The summed E-state index contributed by atoms with van der Waals surface area (Å²) in [6.45, 7) is 5.97. The van der Waals surface area contributed by atoms with E-state index in [-0.39, 0.29) is 36.2 Å². The van der Waals surface area contributed by atoms with Crippen molar-refractivity contribution < 1.29 is 46.5 Å². The zero-order chi connectivity index (χ0) is 24.0. The number of halogens is 3. The van der Waals surface area contributed by atoms with Crippen LogP contribution < -0.4 is 9.64 Å². The third-order valence-corrected chi connectivity index (χ3v) is 3.82. The predicted octanol–water partition coefficient (Wildman–Crippen LogP) is 4.37. The van der Waals surface area contributed by atoms with Gasteiger partial charge in [0, 0.05) is 19.0 Å². The number of hydrogen-bond acceptors (Lipinski definition) is 7. The second-order valence-electron chi connectivity index (χ2n) is 7.49. The SMILES string of the molecule is COC(=O)CCCN(C(=O)OC(C)(C)C)c1cc(OC(F)(F)F)c(C)cc1C(=O)OC.